The molecular weight excluding hydrogens is 288 g/mol. The van der Waals surface area contributed by atoms with Gasteiger partial charge in [0.15, 0.2) is 0 Å². The number of rotatable bonds is 4. The van der Waals surface area contributed by atoms with Crippen molar-refractivity contribution in [3.05, 3.63) is 38.1 Å². The average molecular weight is 301 g/mol. The Labute approximate surface area is 107 Å². The Morgan fingerprint density at radius 3 is 2.81 bits per heavy atom. The Balaban J connectivity index is 1.84. The van der Waals surface area contributed by atoms with Gasteiger partial charge in [-0.05, 0) is 35.8 Å². The van der Waals surface area contributed by atoms with Crippen molar-refractivity contribution in [1.82, 2.24) is 10.3 Å². The van der Waals surface area contributed by atoms with Crippen LogP contribution in [0.15, 0.2) is 21.2 Å². The molecule has 0 saturated heterocycles. The molecule has 0 atom stereocenters. The van der Waals surface area contributed by atoms with Gasteiger partial charge in [-0.1, -0.05) is 0 Å². The fourth-order valence-corrected chi connectivity index (χ4v) is 2.95. The van der Waals surface area contributed by atoms with E-state index in [9.17, 15) is 0 Å². The number of halogens is 1. The summed E-state index contributed by atoms with van der Waals surface area (Å²) in [5.41, 5.74) is 0. The fourth-order valence-electron chi connectivity index (χ4n) is 1.38. The number of aryl methyl sites for hydroxylation is 2. The van der Waals surface area contributed by atoms with Crippen LogP contribution in [-0.4, -0.2) is 4.98 Å². The number of thiophene rings is 1. The molecular formula is C11H13BrN2OS. The molecule has 3 nitrogen and oxygen atoms in total. The van der Waals surface area contributed by atoms with Crippen molar-refractivity contribution in [3.8, 4) is 0 Å². The van der Waals surface area contributed by atoms with Gasteiger partial charge in [0.05, 0.1) is 12.7 Å². The highest BCUT2D eigenvalue weighted by atomic mass is 79.9. The molecule has 2 rings (SSSR count). The molecule has 0 aliphatic rings. The van der Waals surface area contributed by atoms with E-state index in [0.29, 0.717) is 6.54 Å². The van der Waals surface area contributed by atoms with Gasteiger partial charge in [0, 0.05) is 20.8 Å². The van der Waals surface area contributed by atoms with Crippen molar-refractivity contribution in [1.29, 1.82) is 0 Å². The normalized spacial score (nSPS) is 10.9. The van der Waals surface area contributed by atoms with Gasteiger partial charge in [0.25, 0.3) is 0 Å². The predicted octanol–water partition coefficient (Wildman–Crippen LogP) is 3.41. The molecule has 86 valence electrons. The first-order valence-corrected chi connectivity index (χ1v) is 6.63. The van der Waals surface area contributed by atoms with Gasteiger partial charge in [-0.25, -0.2) is 4.98 Å². The summed E-state index contributed by atoms with van der Waals surface area (Å²) < 4.78 is 6.55. The lowest BCUT2D eigenvalue weighted by Crippen LogP contribution is -2.11. The Morgan fingerprint density at radius 2 is 2.25 bits per heavy atom. The van der Waals surface area contributed by atoms with Crippen LogP contribution in [-0.2, 0) is 13.1 Å². The zero-order valence-corrected chi connectivity index (χ0v) is 11.6. The summed E-state index contributed by atoms with van der Waals surface area (Å²) in [5, 5.41) is 3.31. The molecule has 5 heteroatoms. The van der Waals surface area contributed by atoms with Crippen molar-refractivity contribution in [2.24, 2.45) is 0 Å². The standard InChI is InChI=1S/C11H13BrN2OS/c1-7-4-14-11(15-7)6-13-5-9-3-10(12)8(2)16-9/h3-4,13H,5-6H2,1-2H3. The van der Waals surface area contributed by atoms with Gasteiger partial charge in [-0.3, -0.25) is 0 Å². The van der Waals surface area contributed by atoms with Crippen LogP contribution in [0.2, 0.25) is 0 Å². The second kappa shape index (κ2) is 5.12. The molecule has 0 saturated carbocycles. The van der Waals surface area contributed by atoms with E-state index in [1.165, 1.54) is 14.2 Å². The first kappa shape index (κ1) is 11.8. The smallest absolute Gasteiger partial charge is 0.208 e. The van der Waals surface area contributed by atoms with Gasteiger partial charge in [-0.15, -0.1) is 11.3 Å². The fraction of sp³-hybridized carbons (Fsp3) is 0.364. The number of oxazole rings is 1. The second-order valence-corrected chi connectivity index (χ2v) is 5.78. The number of hydrogen-bond acceptors (Lipinski definition) is 4. The highest BCUT2D eigenvalue weighted by Gasteiger charge is 2.03. The quantitative estimate of drug-likeness (QED) is 0.940. The van der Waals surface area contributed by atoms with Crippen LogP contribution in [0, 0.1) is 13.8 Å². The predicted molar refractivity (Wildman–Crippen MR) is 68.5 cm³/mol. The third-order valence-electron chi connectivity index (χ3n) is 2.15. The molecule has 0 spiro atoms. The minimum Gasteiger partial charge on any atom is -0.445 e. The van der Waals surface area contributed by atoms with Crippen molar-refractivity contribution in [2.75, 3.05) is 0 Å². The molecule has 0 bridgehead atoms. The average Bonchev–Trinajstić information content (AvgIpc) is 2.75. The van der Waals surface area contributed by atoms with Gasteiger partial charge in [0.1, 0.15) is 5.76 Å². The highest BCUT2D eigenvalue weighted by molar-refractivity contribution is 9.10. The molecule has 0 aliphatic heterocycles. The maximum absolute atomic E-state index is 5.37. The molecule has 2 aromatic heterocycles. The van der Waals surface area contributed by atoms with E-state index >= 15 is 0 Å². The van der Waals surface area contributed by atoms with Crippen molar-refractivity contribution in [2.45, 2.75) is 26.9 Å². The van der Waals surface area contributed by atoms with E-state index in [-0.39, 0.29) is 0 Å². The van der Waals surface area contributed by atoms with Crippen LogP contribution in [0.4, 0.5) is 0 Å². The molecule has 0 radical (unpaired) electrons. The van der Waals surface area contributed by atoms with Gasteiger partial charge >= 0.3 is 0 Å². The van der Waals surface area contributed by atoms with Crippen LogP contribution in [0.5, 0.6) is 0 Å². The maximum Gasteiger partial charge on any atom is 0.208 e. The molecule has 1 N–H and O–H groups in total. The minimum atomic E-state index is 0.669. The van der Waals surface area contributed by atoms with Gasteiger partial charge in [0.2, 0.25) is 5.89 Å². The van der Waals surface area contributed by atoms with Crippen LogP contribution >= 0.6 is 27.3 Å². The largest absolute Gasteiger partial charge is 0.445 e. The molecule has 16 heavy (non-hydrogen) atoms. The third-order valence-corrected chi connectivity index (χ3v) is 4.29. The van der Waals surface area contributed by atoms with Crippen LogP contribution in [0.1, 0.15) is 21.4 Å². The molecule has 0 aromatic carbocycles. The second-order valence-electron chi connectivity index (χ2n) is 3.59. The summed E-state index contributed by atoms with van der Waals surface area (Å²) in [5.74, 6) is 1.59. The molecule has 0 aliphatic carbocycles. The molecule has 2 heterocycles. The van der Waals surface area contributed by atoms with E-state index < -0.39 is 0 Å². The first-order valence-electron chi connectivity index (χ1n) is 5.02. The maximum atomic E-state index is 5.37. The zero-order chi connectivity index (χ0) is 11.5. The number of hydrogen-bond donors (Lipinski definition) is 1. The Hall–Kier alpha value is -0.650. The number of aromatic nitrogens is 1. The van der Waals surface area contributed by atoms with Crippen LogP contribution in [0.25, 0.3) is 0 Å². The van der Waals surface area contributed by atoms with Crippen molar-refractivity contribution in [3.63, 3.8) is 0 Å². The van der Waals surface area contributed by atoms with E-state index in [0.717, 1.165) is 18.2 Å². The Morgan fingerprint density at radius 1 is 1.44 bits per heavy atom. The van der Waals surface area contributed by atoms with Crippen molar-refractivity contribution >= 4 is 27.3 Å². The van der Waals surface area contributed by atoms with E-state index in [4.69, 9.17) is 4.42 Å². The summed E-state index contributed by atoms with van der Waals surface area (Å²) in [6, 6.07) is 2.15. The van der Waals surface area contributed by atoms with E-state index in [2.05, 4.69) is 39.2 Å². The number of nitrogens with one attached hydrogen (secondary N) is 1. The van der Waals surface area contributed by atoms with Crippen LogP contribution in [0.3, 0.4) is 0 Å². The monoisotopic (exact) mass is 300 g/mol. The molecule has 0 fully saturated rings. The SMILES string of the molecule is Cc1cnc(CNCc2cc(Br)c(C)s2)o1. The summed E-state index contributed by atoms with van der Waals surface area (Å²) in [7, 11) is 0. The van der Waals surface area contributed by atoms with E-state index in [1.807, 2.05) is 6.92 Å². The highest BCUT2D eigenvalue weighted by Crippen LogP contribution is 2.26. The lowest BCUT2D eigenvalue weighted by molar-refractivity contribution is 0.449. The topological polar surface area (TPSA) is 38.1 Å². The molecule has 2 aromatic rings. The summed E-state index contributed by atoms with van der Waals surface area (Å²) in [6.07, 6.45) is 1.74. The lowest BCUT2D eigenvalue weighted by Gasteiger charge is -1.98. The van der Waals surface area contributed by atoms with E-state index in [1.54, 1.807) is 17.5 Å². The summed E-state index contributed by atoms with van der Waals surface area (Å²) in [4.78, 5) is 6.76. The summed E-state index contributed by atoms with van der Waals surface area (Å²) in [6.45, 7) is 5.52. The molecule has 0 unspecified atom stereocenters. The first-order chi connectivity index (χ1) is 7.65. The minimum absolute atomic E-state index is 0.669. The van der Waals surface area contributed by atoms with Crippen molar-refractivity contribution < 1.29 is 4.42 Å². The molecule has 0 amide bonds. The number of nitrogens with zero attached hydrogens (tertiary/aromatic N) is 1. The Bertz CT molecular complexity index is 459. The zero-order valence-electron chi connectivity index (χ0n) is 9.21. The van der Waals surface area contributed by atoms with Gasteiger partial charge < -0.3 is 9.73 Å². The van der Waals surface area contributed by atoms with Crippen LogP contribution < -0.4 is 5.32 Å². The lowest BCUT2D eigenvalue weighted by atomic mass is 10.4. The van der Waals surface area contributed by atoms with Gasteiger partial charge in [-0.2, -0.15) is 0 Å². The Kier molecular flexibility index (Phi) is 3.78. The third kappa shape index (κ3) is 2.93. The summed E-state index contributed by atoms with van der Waals surface area (Å²) >= 11 is 5.30.